The van der Waals surface area contributed by atoms with Gasteiger partial charge in [0.25, 0.3) is 0 Å². The van der Waals surface area contributed by atoms with Crippen molar-refractivity contribution >= 4 is 22.8 Å². The first-order valence-corrected chi connectivity index (χ1v) is 11.5. The van der Waals surface area contributed by atoms with Crippen LogP contribution in [0.2, 0.25) is 0 Å². The summed E-state index contributed by atoms with van der Waals surface area (Å²) in [5.74, 6) is 0.777. The van der Waals surface area contributed by atoms with Crippen LogP contribution in [0.5, 0.6) is 0 Å². The number of nitrogens with one attached hydrogen (secondary N) is 2. The van der Waals surface area contributed by atoms with Crippen molar-refractivity contribution in [3.8, 4) is 0 Å². The molecule has 1 aromatic heterocycles. The van der Waals surface area contributed by atoms with Crippen molar-refractivity contribution < 1.29 is 18.4 Å². The molecule has 0 saturated heterocycles. The number of alkyl halides is 2. The molecule has 1 heterocycles. The van der Waals surface area contributed by atoms with Crippen molar-refractivity contribution in [2.24, 2.45) is 17.3 Å². The molecule has 4 saturated carbocycles. The molecule has 2 N–H and O–H groups in total. The van der Waals surface area contributed by atoms with Crippen LogP contribution in [0.3, 0.4) is 0 Å². The third kappa shape index (κ3) is 3.48. The van der Waals surface area contributed by atoms with E-state index < -0.39 is 12.0 Å². The number of hydrogen-bond donors (Lipinski definition) is 2. The van der Waals surface area contributed by atoms with Gasteiger partial charge in [0.05, 0.1) is 16.4 Å². The zero-order valence-electron chi connectivity index (χ0n) is 18.5. The molecular weight excluding hydrogens is 414 g/mol. The summed E-state index contributed by atoms with van der Waals surface area (Å²) >= 11 is 0. The Balaban J connectivity index is 1.34. The molecule has 8 heteroatoms. The second kappa shape index (κ2) is 7.52. The molecule has 2 amide bonds. The van der Waals surface area contributed by atoms with Gasteiger partial charge >= 0.3 is 6.55 Å². The maximum absolute atomic E-state index is 13.8. The Morgan fingerprint density at radius 1 is 1.19 bits per heavy atom. The average molecular weight is 445 g/mol. The highest BCUT2D eigenvalue weighted by Gasteiger charge is 2.60. The summed E-state index contributed by atoms with van der Waals surface area (Å²) in [6.45, 7) is 0.913. The number of rotatable bonds is 6. The first kappa shape index (κ1) is 21.3. The zero-order valence-corrected chi connectivity index (χ0v) is 18.5. The summed E-state index contributed by atoms with van der Waals surface area (Å²) in [4.78, 5) is 29.7. The maximum atomic E-state index is 13.8. The van der Waals surface area contributed by atoms with Gasteiger partial charge in [-0.1, -0.05) is 19.1 Å². The van der Waals surface area contributed by atoms with Gasteiger partial charge in [0.1, 0.15) is 5.82 Å². The van der Waals surface area contributed by atoms with Crippen LogP contribution < -0.4 is 10.6 Å². The number of aromatic nitrogens is 2. The van der Waals surface area contributed by atoms with Crippen LogP contribution in [0, 0.1) is 17.3 Å². The number of amides is 2. The average Bonchev–Trinajstić information content (AvgIpc) is 3.09. The van der Waals surface area contributed by atoms with Gasteiger partial charge in [-0.3, -0.25) is 14.2 Å². The lowest BCUT2D eigenvalue weighted by Crippen LogP contribution is -2.65. The molecule has 4 aliphatic rings. The Morgan fingerprint density at radius 3 is 2.53 bits per heavy atom. The second-order valence-electron chi connectivity index (χ2n) is 10.4. The Hall–Kier alpha value is -2.51. The van der Waals surface area contributed by atoms with Crippen molar-refractivity contribution in [3.63, 3.8) is 0 Å². The van der Waals surface area contributed by atoms with E-state index >= 15 is 0 Å². The fourth-order valence-electron chi connectivity index (χ4n) is 7.19. The van der Waals surface area contributed by atoms with E-state index in [1.165, 1.54) is 0 Å². The van der Waals surface area contributed by atoms with Gasteiger partial charge < -0.3 is 10.6 Å². The van der Waals surface area contributed by atoms with Gasteiger partial charge in [0.15, 0.2) is 0 Å². The summed E-state index contributed by atoms with van der Waals surface area (Å²) < 4.78 is 28.6. The third-order valence-corrected chi connectivity index (χ3v) is 7.81. The van der Waals surface area contributed by atoms with Crippen LogP contribution in [0.25, 0.3) is 11.0 Å². The van der Waals surface area contributed by atoms with E-state index in [2.05, 4.69) is 15.6 Å². The highest BCUT2D eigenvalue weighted by atomic mass is 19.3. The number of benzene rings is 1. The first-order valence-electron chi connectivity index (χ1n) is 11.5. The number of nitrogens with zero attached hydrogens (tertiary/aromatic N) is 2. The monoisotopic (exact) mass is 444 g/mol. The van der Waals surface area contributed by atoms with Gasteiger partial charge in [-0.05, 0) is 62.5 Å². The molecule has 32 heavy (non-hydrogen) atoms. The number of fused-ring (bicyclic) bond motifs is 1. The van der Waals surface area contributed by atoms with Crippen LogP contribution in [-0.2, 0) is 9.59 Å². The van der Waals surface area contributed by atoms with Crippen molar-refractivity contribution in [3.05, 3.63) is 30.1 Å². The lowest BCUT2D eigenvalue weighted by molar-refractivity contribution is -0.153. The minimum absolute atomic E-state index is 0.00659. The highest BCUT2D eigenvalue weighted by Crippen LogP contribution is 2.61. The van der Waals surface area contributed by atoms with Gasteiger partial charge in [0, 0.05) is 24.9 Å². The number of para-hydroxylation sites is 2. The maximum Gasteiger partial charge on any atom is 0.320 e. The van der Waals surface area contributed by atoms with Crippen LogP contribution in [0.1, 0.15) is 70.7 Å². The molecule has 6 rings (SSSR count). The molecule has 5 atom stereocenters. The van der Waals surface area contributed by atoms with Crippen LogP contribution in [0.4, 0.5) is 8.78 Å². The molecule has 1 aromatic carbocycles. The summed E-state index contributed by atoms with van der Waals surface area (Å²) in [7, 11) is 0. The van der Waals surface area contributed by atoms with Crippen molar-refractivity contribution in [1.29, 1.82) is 0 Å². The SMILES string of the molecule is CC(=O)NC12C[C@H]3C[C@@H](C1)CC(C(=O)NC[C@H](C)c1nc4ccccc4n1C(F)F)(C3)C2. The molecule has 6 nitrogen and oxygen atoms in total. The van der Waals surface area contributed by atoms with Crippen molar-refractivity contribution in [2.45, 2.75) is 70.4 Å². The van der Waals surface area contributed by atoms with Gasteiger partial charge in [0.2, 0.25) is 11.8 Å². The van der Waals surface area contributed by atoms with Crippen LogP contribution in [-0.4, -0.2) is 33.4 Å². The number of imidazole rings is 1. The van der Waals surface area contributed by atoms with E-state index in [-0.39, 0.29) is 35.6 Å². The standard InChI is InChI=1S/C24H30F2N4O2/c1-14(20-28-18-5-3-4-6-19(18)30(20)22(25)26)12-27-21(32)23-8-16-7-17(9-23)11-24(10-16,13-23)29-15(2)31/h3-6,14,16-17,22H,7-13H2,1-2H3,(H,27,32)(H,29,31)/t14-,16-,17+,23?,24?/m0/s1. The Bertz CT molecular complexity index is 1050. The van der Waals surface area contributed by atoms with Crippen LogP contribution >= 0.6 is 0 Å². The van der Waals surface area contributed by atoms with E-state index in [0.29, 0.717) is 29.3 Å². The van der Waals surface area contributed by atoms with E-state index in [9.17, 15) is 18.4 Å². The molecule has 172 valence electrons. The molecule has 4 bridgehead atoms. The summed E-state index contributed by atoms with van der Waals surface area (Å²) in [5.41, 5.74) is 0.172. The lowest BCUT2D eigenvalue weighted by Gasteiger charge is -2.61. The molecular formula is C24H30F2N4O2. The molecule has 0 aliphatic heterocycles. The van der Waals surface area contributed by atoms with Gasteiger partial charge in [-0.2, -0.15) is 8.78 Å². The first-order chi connectivity index (χ1) is 15.2. The summed E-state index contributed by atoms with van der Waals surface area (Å²) in [6, 6.07) is 6.86. The Kier molecular flexibility index (Phi) is 5.02. The van der Waals surface area contributed by atoms with Crippen molar-refractivity contribution in [1.82, 2.24) is 20.2 Å². The lowest BCUT2D eigenvalue weighted by atomic mass is 9.46. The second-order valence-corrected chi connectivity index (χ2v) is 10.4. The molecule has 0 radical (unpaired) electrons. The topological polar surface area (TPSA) is 76.0 Å². The normalized spacial score (nSPS) is 31.8. The molecule has 0 spiro atoms. The smallest absolute Gasteiger partial charge is 0.320 e. The van der Waals surface area contributed by atoms with E-state index in [0.717, 1.165) is 36.7 Å². The highest BCUT2D eigenvalue weighted by molar-refractivity contribution is 5.84. The number of hydrogen-bond acceptors (Lipinski definition) is 3. The van der Waals surface area contributed by atoms with E-state index in [1.54, 1.807) is 31.2 Å². The van der Waals surface area contributed by atoms with E-state index in [1.807, 2.05) is 6.92 Å². The number of halogens is 2. The molecule has 4 fully saturated rings. The predicted molar refractivity (Wildman–Crippen MR) is 116 cm³/mol. The molecule has 2 aromatic rings. The van der Waals surface area contributed by atoms with Crippen LogP contribution in [0.15, 0.2) is 24.3 Å². The number of carbonyl (C=O) groups excluding carboxylic acids is 2. The minimum Gasteiger partial charge on any atom is -0.355 e. The van der Waals surface area contributed by atoms with E-state index in [4.69, 9.17) is 0 Å². The predicted octanol–water partition coefficient (Wildman–Crippen LogP) is 4.13. The largest absolute Gasteiger partial charge is 0.355 e. The quantitative estimate of drug-likeness (QED) is 0.704. The summed E-state index contributed by atoms with van der Waals surface area (Å²) in [5, 5.41) is 6.25. The van der Waals surface area contributed by atoms with Crippen molar-refractivity contribution in [2.75, 3.05) is 6.54 Å². The molecule has 2 unspecified atom stereocenters. The Morgan fingerprint density at radius 2 is 1.88 bits per heavy atom. The zero-order chi connectivity index (χ0) is 22.7. The van der Waals surface area contributed by atoms with Gasteiger partial charge in [-0.15, -0.1) is 0 Å². The van der Waals surface area contributed by atoms with Gasteiger partial charge in [-0.25, -0.2) is 4.98 Å². The Labute approximate surface area is 186 Å². The third-order valence-electron chi connectivity index (χ3n) is 7.81. The fourth-order valence-corrected chi connectivity index (χ4v) is 7.19. The summed E-state index contributed by atoms with van der Waals surface area (Å²) in [6.07, 6.45) is 5.40. The minimum atomic E-state index is -2.70. The fraction of sp³-hybridized carbons (Fsp3) is 0.625. The molecule has 4 aliphatic carbocycles. The number of carbonyl (C=O) groups is 2.